The second-order valence-corrected chi connectivity index (χ2v) is 6.17. The first-order valence-electron chi connectivity index (χ1n) is 8.66. The molecule has 0 bridgehead atoms. The largest absolute Gasteiger partial charge is 0.424 e. The lowest BCUT2D eigenvalue weighted by molar-refractivity contribution is -0.138. The molecule has 1 atom stereocenters. The molecule has 0 unspecified atom stereocenters. The maximum Gasteiger partial charge on any atom is 0.333 e. The molecule has 0 saturated heterocycles. The number of rotatable bonds is 6. The van der Waals surface area contributed by atoms with Crippen LogP contribution in [0.15, 0.2) is 72.8 Å². The zero-order chi connectivity index (χ0) is 18.4. The van der Waals surface area contributed by atoms with Gasteiger partial charge in [0, 0.05) is 11.8 Å². The summed E-state index contributed by atoms with van der Waals surface area (Å²) in [5, 5.41) is 4.57. The van der Waals surface area contributed by atoms with Crippen LogP contribution in [0.3, 0.4) is 0 Å². The van der Waals surface area contributed by atoms with E-state index in [-0.39, 0.29) is 5.91 Å². The zero-order valence-electron chi connectivity index (χ0n) is 14.6. The number of nitrogens with one attached hydrogen (secondary N) is 1. The van der Waals surface area contributed by atoms with Gasteiger partial charge < -0.3 is 10.1 Å². The molecule has 0 fully saturated rings. The molecular formula is C22H21NO3. The number of amides is 1. The number of aryl methyl sites for hydroxylation is 1. The van der Waals surface area contributed by atoms with E-state index < -0.39 is 12.0 Å². The van der Waals surface area contributed by atoms with E-state index in [0.29, 0.717) is 18.6 Å². The normalized spacial score (nSPS) is 11.7. The maximum atomic E-state index is 12.3. The van der Waals surface area contributed by atoms with Crippen LogP contribution in [0.5, 0.6) is 5.75 Å². The molecule has 0 saturated carbocycles. The fourth-order valence-corrected chi connectivity index (χ4v) is 2.76. The molecule has 132 valence electrons. The van der Waals surface area contributed by atoms with Gasteiger partial charge in [-0.15, -0.1) is 0 Å². The van der Waals surface area contributed by atoms with Crippen molar-refractivity contribution < 1.29 is 14.3 Å². The third-order valence-corrected chi connectivity index (χ3v) is 4.17. The van der Waals surface area contributed by atoms with Crippen molar-refractivity contribution in [2.24, 2.45) is 0 Å². The molecule has 4 nitrogen and oxygen atoms in total. The Kier molecular flexibility index (Phi) is 5.64. The number of ether oxygens (including phenoxy) is 1. The number of esters is 1. The van der Waals surface area contributed by atoms with Gasteiger partial charge >= 0.3 is 5.97 Å². The van der Waals surface area contributed by atoms with E-state index >= 15 is 0 Å². The molecule has 0 aliphatic heterocycles. The molecule has 1 amide bonds. The standard InChI is InChI=1S/C22H21NO3/c1-16(23-21(24)15-14-17-8-3-2-4-9-17)22(25)26-20-13-7-11-18-10-5-6-12-19(18)20/h2-13,16H,14-15H2,1H3,(H,23,24)/t16-/m0/s1. The minimum absolute atomic E-state index is 0.170. The predicted octanol–water partition coefficient (Wildman–Crippen LogP) is 3.88. The highest BCUT2D eigenvalue weighted by Gasteiger charge is 2.18. The molecule has 3 rings (SSSR count). The predicted molar refractivity (Wildman–Crippen MR) is 102 cm³/mol. The Hall–Kier alpha value is -3.14. The van der Waals surface area contributed by atoms with E-state index in [1.165, 1.54) is 0 Å². The highest BCUT2D eigenvalue weighted by Crippen LogP contribution is 2.25. The summed E-state index contributed by atoms with van der Waals surface area (Å²) < 4.78 is 5.50. The van der Waals surface area contributed by atoms with Crippen molar-refractivity contribution >= 4 is 22.6 Å². The average Bonchev–Trinajstić information content (AvgIpc) is 2.67. The molecular weight excluding hydrogens is 326 g/mol. The van der Waals surface area contributed by atoms with Crippen molar-refractivity contribution in [2.45, 2.75) is 25.8 Å². The Balaban J connectivity index is 1.56. The molecule has 1 N–H and O–H groups in total. The Morgan fingerprint density at radius 1 is 0.923 bits per heavy atom. The lowest BCUT2D eigenvalue weighted by Crippen LogP contribution is -2.40. The summed E-state index contributed by atoms with van der Waals surface area (Å²) in [7, 11) is 0. The number of fused-ring (bicyclic) bond motifs is 1. The van der Waals surface area contributed by atoms with Crippen LogP contribution in [0.4, 0.5) is 0 Å². The van der Waals surface area contributed by atoms with Gasteiger partial charge in [0.25, 0.3) is 0 Å². The van der Waals surface area contributed by atoms with Crippen LogP contribution < -0.4 is 10.1 Å². The van der Waals surface area contributed by atoms with E-state index in [4.69, 9.17) is 4.74 Å². The molecule has 0 heterocycles. The van der Waals surface area contributed by atoms with Gasteiger partial charge in [0.2, 0.25) is 5.91 Å². The molecule has 4 heteroatoms. The SMILES string of the molecule is C[C@H](NC(=O)CCc1ccccc1)C(=O)Oc1cccc2ccccc12. The summed E-state index contributed by atoms with van der Waals surface area (Å²) >= 11 is 0. The monoisotopic (exact) mass is 347 g/mol. The first kappa shape index (κ1) is 17.7. The molecule has 3 aromatic rings. The Morgan fingerprint density at radius 3 is 2.42 bits per heavy atom. The van der Waals surface area contributed by atoms with Gasteiger partial charge in [0.05, 0.1) is 0 Å². The van der Waals surface area contributed by atoms with E-state index in [0.717, 1.165) is 16.3 Å². The van der Waals surface area contributed by atoms with Crippen LogP contribution >= 0.6 is 0 Å². The van der Waals surface area contributed by atoms with Crippen molar-refractivity contribution in [2.75, 3.05) is 0 Å². The first-order chi connectivity index (χ1) is 12.6. The van der Waals surface area contributed by atoms with Crippen LogP contribution in [0, 0.1) is 0 Å². The third-order valence-electron chi connectivity index (χ3n) is 4.17. The summed E-state index contributed by atoms with van der Waals surface area (Å²) in [4.78, 5) is 24.4. The lowest BCUT2D eigenvalue weighted by Gasteiger charge is -2.14. The fraction of sp³-hybridized carbons (Fsp3) is 0.182. The van der Waals surface area contributed by atoms with Crippen molar-refractivity contribution in [1.29, 1.82) is 0 Å². The first-order valence-corrected chi connectivity index (χ1v) is 8.66. The molecule has 0 aliphatic rings. The van der Waals surface area contributed by atoms with E-state index in [1.54, 1.807) is 13.0 Å². The minimum Gasteiger partial charge on any atom is -0.424 e. The summed E-state index contributed by atoms with van der Waals surface area (Å²) in [6.07, 6.45) is 0.966. The van der Waals surface area contributed by atoms with Gasteiger partial charge in [-0.05, 0) is 30.4 Å². The summed E-state index contributed by atoms with van der Waals surface area (Å²) in [5.41, 5.74) is 1.09. The fourth-order valence-electron chi connectivity index (χ4n) is 2.76. The quantitative estimate of drug-likeness (QED) is 0.544. The average molecular weight is 347 g/mol. The van der Waals surface area contributed by atoms with Crippen LogP contribution in [0.2, 0.25) is 0 Å². The van der Waals surface area contributed by atoms with Crippen molar-refractivity contribution in [1.82, 2.24) is 5.32 Å². The summed E-state index contributed by atoms with van der Waals surface area (Å²) in [6.45, 7) is 1.63. The van der Waals surface area contributed by atoms with Gasteiger partial charge in [-0.3, -0.25) is 4.79 Å². The van der Waals surface area contributed by atoms with E-state index in [2.05, 4.69) is 5.32 Å². The molecule has 0 radical (unpaired) electrons. The van der Waals surface area contributed by atoms with Crippen LogP contribution in [0.25, 0.3) is 10.8 Å². The van der Waals surface area contributed by atoms with Gasteiger partial charge in [0.1, 0.15) is 11.8 Å². The van der Waals surface area contributed by atoms with Gasteiger partial charge in [-0.1, -0.05) is 66.7 Å². The Bertz CT molecular complexity index is 900. The summed E-state index contributed by atoms with van der Waals surface area (Å²) in [6, 6.07) is 22.3. The molecule has 26 heavy (non-hydrogen) atoms. The second kappa shape index (κ2) is 8.30. The maximum absolute atomic E-state index is 12.3. The highest BCUT2D eigenvalue weighted by atomic mass is 16.5. The third kappa shape index (κ3) is 4.48. The van der Waals surface area contributed by atoms with Gasteiger partial charge in [-0.2, -0.15) is 0 Å². The van der Waals surface area contributed by atoms with Crippen LogP contribution in [-0.4, -0.2) is 17.9 Å². The van der Waals surface area contributed by atoms with Crippen molar-refractivity contribution in [3.8, 4) is 5.75 Å². The van der Waals surface area contributed by atoms with Crippen LogP contribution in [0.1, 0.15) is 18.9 Å². The highest BCUT2D eigenvalue weighted by molar-refractivity contribution is 5.92. The number of carbonyl (C=O) groups excluding carboxylic acids is 2. The molecule has 0 aromatic heterocycles. The second-order valence-electron chi connectivity index (χ2n) is 6.17. The van der Waals surface area contributed by atoms with Gasteiger partial charge in [0.15, 0.2) is 0 Å². The molecule has 3 aromatic carbocycles. The van der Waals surface area contributed by atoms with Crippen molar-refractivity contribution in [3.63, 3.8) is 0 Å². The number of carbonyl (C=O) groups is 2. The number of hydrogen-bond acceptors (Lipinski definition) is 3. The van der Waals surface area contributed by atoms with E-state index in [9.17, 15) is 9.59 Å². The molecule has 0 spiro atoms. The van der Waals surface area contributed by atoms with Crippen LogP contribution in [-0.2, 0) is 16.0 Å². The zero-order valence-corrected chi connectivity index (χ0v) is 14.6. The Morgan fingerprint density at radius 2 is 1.62 bits per heavy atom. The van der Waals surface area contributed by atoms with Crippen molar-refractivity contribution in [3.05, 3.63) is 78.4 Å². The number of hydrogen-bond donors (Lipinski definition) is 1. The van der Waals surface area contributed by atoms with Gasteiger partial charge in [-0.25, -0.2) is 4.79 Å². The topological polar surface area (TPSA) is 55.4 Å². The number of benzene rings is 3. The Labute approximate surface area is 152 Å². The smallest absolute Gasteiger partial charge is 0.333 e. The summed E-state index contributed by atoms with van der Waals surface area (Å²) in [5.74, 6) is -0.149. The molecule has 0 aliphatic carbocycles. The minimum atomic E-state index is -0.711. The lowest BCUT2D eigenvalue weighted by atomic mass is 10.1. The van der Waals surface area contributed by atoms with E-state index in [1.807, 2.05) is 66.7 Å².